The first-order valence-corrected chi connectivity index (χ1v) is 7.47. The maximum atomic E-state index is 11.7. The third-order valence-electron chi connectivity index (χ3n) is 3.55. The summed E-state index contributed by atoms with van der Waals surface area (Å²) >= 11 is 0. The quantitative estimate of drug-likeness (QED) is 0.850. The van der Waals surface area contributed by atoms with Crippen molar-refractivity contribution >= 4 is 12.0 Å². The van der Waals surface area contributed by atoms with Gasteiger partial charge in [0.15, 0.2) is 11.5 Å². The van der Waals surface area contributed by atoms with Crippen LogP contribution in [0.25, 0.3) is 6.08 Å². The van der Waals surface area contributed by atoms with Gasteiger partial charge in [0, 0.05) is 12.1 Å². The third-order valence-corrected chi connectivity index (χ3v) is 3.55. The minimum absolute atomic E-state index is 0.0611. The zero-order valence-corrected chi connectivity index (χ0v) is 13.6. The van der Waals surface area contributed by atoms with Crippen LogP contribution in [-0.2, 0) is 11.2 Å². The van der Waals surface area contributed by atoms with E-state index in [4.69, 9.17) is 9.47 Å². The van der Waals surface area contributed by atoms with Gasteiger partial charge in [-0.3, -0.25) is 4.79 Å². The average molecular weight is 301 g/mol. The van der Waals surface area contributed by atoms with Gasteiger partial charge in [-0.1, -0.05) is 12.2 Å². The molecule has 1 aliphatic rings. The summed E-state index contributed by atoms with van der Waals surface area (Å²) in [4.78, 5) is 11.7. The van der Waals surface area contributed by atoms with Gasteiger partial charge in [-0.2, -0.15) is 0 Å². The van der Waals surface area contributed by atoms with Crippen molar-refractivity contribution in [3.8, 4) is 11.5 Å². The first kappa shape index (κ1) is 16.1. The van der Waals surface area contributed by atoms with Gasteiger partial charge in [0.25, 0.3) is 0 Å². The number of methoxy groups -OCH3 is 2. The first-order valence-electron chi connectivity index (χ1n) is 7.47. The molecule has 1 amide bonds. The monoisotopic (exact) mass is 301 g/mol. The van der Waals surface area contributed by atoms with Crippen LogP contribution in [0.3, 0.4) is 0 Å². The van der Waals surface area contributed by atoms with Crippen LogP contribution >= 0.6 is 0 Å². The minimum Gasteiger partial charge on any atom is -0.493 e. The topological polar surface area (TPSA) is 47.6 Å². The van der Waals surface area contributed by atoms with Crippen LogP contribution in [0.4, 0.5) is 0 Å². The van der Waals surface area contributed by atoms with E-state index in [-0.39, 0.29) is 11.9 Å². The predicted octanol–water partition coefficient (Wildman–Crippen LogP) is 3.11. The smallest absolute Gasteiger partial charge is 0.244 e. The number of aryl methyl sites for hydroxylation is 1. The SMILES string of the molecule is COc1cc2c(cc1OC)CCC(C=CC(=O)NC(C)C)=C2. The molecule has 0 aromatic heterocycles. The van der Waals surface area contributed by atoms with E-state index in [0.29, 0.717) is 0 Å². The molecule has 0 radical (unpaired) electrons. The molecule has 0 atom stereocenters. The molecule has 4 nitrogen and oxygen atoms in total. The fourth-order valence-corrected chi connectivity index (χ4v) is 2.49. The van der Waals surface area contributed by atoms with Crippen molar-refractivity contribution in [3.63, 3.8) is 0 Å². The molecule has 0 fully saturated rings. The Morgan fingerprint density at radius 3 is 2.50 bits per heavy atom. The lowest BCUT2D eigenvalue weighted by Gasteiger charge is -2.17. The molecule has 118 valence electrons. The van der Waals surface area contributed by atoms with Gasteiger partial charge in [0.1, 0.15) is 0 Å². The standard InChI is InChI=1S/C18H23NO3/c1-12(2)19-18(20)8-6-13-5-7-14-10-16(21-3)17(22-4)11-15(14)9-13/h6,8-12H,5,7H2,1-4H3,(H,19,20). The molecule has 1 N–H and O–H groups in total. The minimum atomic E-state index is -0.0611. The Labute approximate surface area is 131 Å². The zero-order chi connectivity index (χ0) is 16.1. The van der Waals surface area contributed by atoms with Crippen molar-refractivity contribution in [2.45, 2.75) is 32.7 Å². The van der Waals surface area contributed by atoms with Gasteiger partial charge in [0.2, 0.25) is 5.91 Å². The van der Waals surface area contributed by atoms with E-state index in [1.165, 1.54) is 5.56 Å². The summed E-state index contributed by atoms with van der Waals surface area (Å²) in [6, 6.07) is 4.15. The molecule has 0 saturated carbocycles. The summed E-state index contributed by atoms with van der Waals surface area (Å²) in [6.07, 6.45) is 7.42. The van der Waals surface area contributed by atoms with Crippen LogP contribution in [0, 0.1) is 0 Å². The molecule has 1 aliphatic carbocycles. The molecule has 0 spiro atoms. The molecular weight excluding hydrogens is 278 g/mol. The Morgan fingerprint density at radius 1 is 1.18 bits per heavy atom. The van der Waals surface area contributed by atoms with E-state index in [1.807, 2.05) is 32.1 Å². The predicted molar refractivity (Wildman–Crippen MR) is 88.3 cm³/mol. The molecule has 2 rings (SSSR count). The van der Waals surface area contributed by atoms with Gasteiger partial charge < -0.3 is 14.8 Å². The lowest BCUT2D eigenvalue weighted by Crippen LogP contribution is -2.28. The van der Waals surface area contributed by atoms with Crippen molar-refractivity contribution in [1.29, 1.82) is 0 Å². The molecule has 0 saturated heterocycles. The van der Waals surface area contributed by atoms with Crippen molar-refractivity contribution in [3.05, 3.63) is 41.0 Å². The van der Waals surface area contributed by atoms with Gasteiger partial charge >= 0.3 is 0 Å². The van der Waals surface area contributed by atoms with E-state index in [0.717, 1.165) is 35.5 Å². The lowest BCUT2D eigenvalue weighted by molar-refractivity contribution is -0.116. The van der Waals surface area contributed by atoms with E-state index < -0.39 is 0 Å². The zero-order valence-electron chi connectivity index (χ0n) is 13.6. The number of hydrogen-bond donors (Lipinski definition) is 1. The summed E-state index contributed by atoms with van der Waals surface area (Å²) in [6.45, 7) is 3.89. The van der Waals surface area contributed by atoms with Crippen LogP contribution in [0.5, 0.6) is 11.5 Å². The van der Waals surface area contributed by atoms with E-state index in [2.05, 4.69) is 11.4 Å². The second kappa shape index (κ2) is 7.16. The average Bonchev–Trinajstić information content (AvgIpc) is 2.50. The lowest BCUT2D eigenvalue weighted by atomic mass is 9.91. The van der Waals surface area contributed by atoms with Crippen molar-refractivity contribution in [2.75, 3.05) is 14.2 Å². The highest BCUT2D eigenvalue weighted by Crippen LogP contribution is 2.35. The molecule has 1 aromatic rings. The van der Waals surface area contributed by atoms with Gasteiger partial charge in [-0.05, 0) is 55.5 Å². The molecule has 0 unspecified atom stereocenters. The molecule has 0 bridgehead atoms. The van der Waals surface area contributed by atoms with Gasteiger partial charge in [-0.15, -0.1) is 0 Å². The van der Waals surface area contributed by atoms with Crippen LogP contribution < -0.4 is 14.8 Å². The summed E-state index contributed by atoms with van der Waals surface area (Å²) in [5.41, 5.74) is 3.49. The molecule has 1 aromatic carbocycles. The number of amides is 1. The fraction of sp³-hybridized carbons (Fsp3) is 0.389. The number of rotatable bonds is 5. The van der Waals surface area contributed by atoms with E-state index in [1.54, 1.807) is 20.3 Å². The molecule has 22 heavy (non-hydrogen) atoms. The third kappa shape index (κ3) is 3.91. The van der Waals surface area contributed by atoms with Crippen molar-refractivity contribution in [2.24, 2.45) is 0 Å². The number of hydrogen-bond acceptors (Lipinski definition) is 3. The summed E-state index contributed by atoms with van der Waals surface area (Å²) < 4.78 is 10.7. The highest BCUT2D eigenvalue weighted by atomic mass is 16.5. The Hall–Kier alpha value is -2.23. The maximum Gasteiger partial charge on any atom is 0.244 e. The number of carbonyl (C=O) groups excluding carboxylic acids is 1. The van der Waals surface area contributed by atoms with Crippen molar-refractivity contribution < 1.29 is 14.3 Å². The summed E-state index contributed by atoms with van der Waals surface area (Å²) in [7, 11) is 3.28. The molecular formula is C18H23NO3. The van der Waals surface area contributed by atoms with Gasteiger partial charge in [0.05, 0.1) is 14.2 Å². The van der Waals surface area contributed by atoms with Crippen LogP contribution in [0.1, 0.15) is 31.4 Å². The van der Waals surface area contributed by atoms with Crippen LogP contribution in [0.2, 0.25) is 0 Å². The number of ether oxygens (including phenoxy) is 2. The second-order valence-electron chi connectivity index (χ2n) is 5.62. The number of allylic oxidation sites excluding steroid dienone is 2. The largest absolute Gasteiger partial charge is 0.493 e. The number of benzene rings is 1. The second-order valence-corrected chi connectivity index (χ2v) is 5.62. The highest BCUT2D eigenvalue weighted by Gasteiger charge is 2.14. The van der Waals surface area contributed by atoms with E-state index >= 15 is 0 Å². The summed E-state index contributed by atoms with van der Waals surface area (Å²) in [5, 5.41) is 2.85. The Balaban J connectivity index is 2.20. The van der Waals surface area contributed by atoms with E-state index in [9.17, 15) is 4.79 Å². The number of carbonyl (C=O) groups is 1. The maximum absolute atomic E-state index is 11.7. The van der Waals surface area contributed by atoms with Crippen LogP contribution in [-0.4, -0.2) is 26.2 Å². The van der Waals surface area contributed by atoms with Gasteiger partial charge in [-0.25, -0.2) is 0 Å². The summed E-state index contributed by atoms with van der Waals surface area (Å²) in [5.74, 6) is 1.42. The number of fused-ring (bicyclic) bond motifs is 1. The first-order chi connectivity index (χ1) is 10.5. The molecule has 0 aliphatic heterocycles. The molecule has 4 heteroatoms. The molecule has 0 heterocycles. The number of nitrogens with one attached hydrogen (secondary N) is 1. The Morgan fingerprint density at radius 2 is 1.86 bits per heavy atom. The highest BCUT2D eigenvalue weighted by molar-refractivity contribution is 5.88. The van der Waals surface area contributed by atoms with Crippen molar-refractivity contribution in [1.82, 2.24) is 5.32 Å². The van der Waals surface area contributed by atoms with Crippen LogP contribution in [0.15, 0.2) is 29.9 Å². The Kier molecular flexibility index (Phi) is 5.26. The Bertz CT molecular complexity index is 615. The fourth-order valence-electron chi connectivity index (χ4n) is 2.49. The normalized spacial score (nSPS) is 13.8.